The lowest BCUT2D eigenvalue weighted by Crippen LogP contribution is -2.36. The quantitative estimate of drug-likeness (QED) is 0.879. The number of likely N-dealkylation sites (tertiary alicyclic amines) is 1. The van der Waals surface area contributed by atoms with Crippen LogP contribution in [0.2, 0.25) is 0 Å². The molecule has 2 rings (SSSR count). The molecule has 1 aliphatic rings. The zero-order chi connectivity index (χ0) is 12.4. The standard InChI is InChI=1S/C13H18F2N2/c1-9-3-2-6-17(9)13(8-16)10-4-5-11(14)12(15)7-10/h4-5,7,9,13H,2-3,6,8,16H2,1H3. The van der Waals surface area contributed by atoms with Crippen molar-refractivity contribution in [2.45, 2.75) is 31.8 Å². The number of nitrogens with zero attached hydrogens (tertiary/aromatic N) is 1. The maximum atomic E-state index is 13.2. The first-order valence-electron chi connectivity index (χ1n) is 6.04. The predicted molar refractivity (Wildman–Crippen MR) is 63.6 cm³/mol. The van der Waals surface area contributed by atoms with Crippen molar-refractivity contribution < 1.29 is 8.78 Å². The van der Waals surface area contributed by atoms with Crippen molar-refractivity contribution in [1.82, 2.24) is 4.90 Å². The topological polar surface area (TPSA) is 29.3 Å². The van der Waals surface area contributed by atoms with E-state index in [0.29, 0.717) is 12.6 Å². The van der Waals surface area contributed by atoms with E-state index in [2.05, 4.69) is 11.8 Å². The molecule has 1 heterocycles. The molecule has 1 aromatic rings. The highest BCUT2D eigenvalue weighted by Gasteiger charge is 2.28. The maximum absolute atomic E-state index is 13.2. The van der Waals surface area contributed by atoms with Crippen LogP contribution in [0.5, 0.6) is 0 Å². The Morgan fingerprint density at radius 3 is 2.71 bits per heavy atom. The summed E-state index contributed by atoms with van der Waals surface area (Å²) in [6.07, 6.45) is 2.28. The van der Waals surface area contributed by atoms with Crippen molar-refractivity contribution in [3.8, 4) is 0 Å². The lowest BCUT2D eigenvalue weighted by atomic mass is 10.0. The molecule has 0 bridgehead atoms. The molecule has 1 aromatic carbocycles. The Hall–Kier alpha value is -1.00. The average Bonchev–Trinajstić information content (AvgIpc) is 2.71. The summed E-state index contributed by atoms with van der Waals surface area (Å²) in [4.78, 5) is 2.27. The fourth-order valence-electron chi connectivity index (χ4n) is 2.60. The molecule has 0 saturated carbocycles. The molecule has 0 amide bonds. The second-order valence-electron chi connectivity index (χ2n) is 4.65. The van der Waals surface area contributed by atoms with E-state index in [1.807, 2.05) is 0 Å². The first-order valence-corrected chi connectivity index (χ1v) is 6.04. The zero-order valence-corrected chi connectivity index (χ0v) is 10.00. The van der Waals surface area contributed by atoms with Crippen LogP contribution in [-0.4, -0.2) is 24.0 Å². The van der Waals surface area contributed by atoms with Crippen molar-refractivity contribution >= 4 is 0 Å². The van der Waals surface area contributed by atoms with Gasteiger partial charge in [-0.2, -0.15) is 0 Å². The first-order chi connectivity index (χ1) is 8.13. The third-order valence-electron chi connectivity index (χ3n) is 3.56. The smallest absolute Gasteiger partial charge is 0.159 e. The molecule has 2 unspecified atom stereocenters. The molecular formula is C13H18F2N2. The van der Waals surface area contributed by atoms with E-state index < -0.39 is 11.6 Å². The fraction of sp³-hybridized carbons (Fsp3) is 0.538. The molecule has 2 N–H and O–H groups in total. The number of hydrogen-bond donors (Lipinski definition) is 1. The van der Waals surface area contributed by atoms with Crippen molar-refractivity contribution in [3.63, 3.8) is 0 Å². The number of halogens is 2. The Kier molecular flexibility index (Phi) is 3.74. The molecule has 2 nitrogen and oxygen atoms in total. The maximum Gasteiger partial charge on any atom is 0.159 e. The van der Waals surface area contributed by atoms with Crippen LogP contribution in [0.1, 0.15) is 31.4 Å². The Morgan fingerprint density at radius 1 is 1.41 bits per heavy atom. The third-order valence-corrected chi connectivity index (χ3v) is 3.56. The summed E-state index contributed by atoms with van der Waals surface area (Å²) < 4.78 is 26.1. The largest absolute Gasteiger partial charge is 0.329 e. The first kappa shape index (κ1) is 12.5. The summed E-state index contributed by atoms with van der Waals surface area (Å²) in [5, 5.41) is 0. The van der Waals surface area contributed by atoms with Gasteiger partial charge in [-0.25, -0.2) is 8.78 Å². The third kappa shape index (κ3) is 2.48. The van der Waals surface area contributed by atoms with E-state index in [-0.39, 0.29) is 6.04 Å². The molecule has 2 atom stereocenters. The summed E-state index contributed by atoms with van der Waals surface area (Å²) >= 11 is 0. The van der Waals surface area contributed by atoms with Crippen LogP contribution in [0.25, 0.3) is 0 Å². The van der Waals surface area contributed by atoms with Crippen molar-refractivity contribution in [2.75, 3.05) is 13.1 Å². The molecule has 0 aromatic heterocycles. The van der Waals surface area contributed by atoms with Crippen molar-refractivity contribution in [1.29, 1.82) is 0 Å². The van der Waals surface area contributed by atoms with Gasteiger partial charge < -0.3 is 5.73 Å². The van der Waals surface area contributed by atoms with Gasteiger partial charge in [-0.1, -0.05) is 6.07 Å². The van der Waals surface area contributed by atoms with Crippen LogP contribution < -0.4 is 5.73 Å². The normalized spacial score (nSPS) is 22.9. The minimum absolute atomic E-state index is 0.0115. The van der Waals surface area contributed by atoms with Gasteiger partial charge >= 0.3 is 0 Å². The van der Waals surface area contributed by atoms with Gasteiger partial charge in [0.25, 0.3) is 0 Å². The number of benzene rings is 1. The van der Waals surface area contributed by atoms with Crippen molar-refractivity contribution in [2.24, 2.45) is 5.73 Å². The van der Waals surface area contributed by atoms with E-state index in [4.69, 9.17) is 5.73 Å². The van der Waals surface area contributed by atoms with E-state index in [0.717, 1.165) is 24.9 Å². The van der Waals surface area contributed by atoms with E-state index in [9.17, 15) is 8.78 Å². The van der Waals surface area contributed by atoms with Gasteiger partial charge in [0.15, 0.2) is 11.6 Å². The number of hydrogen-bond acceptors (Lipinski definition) is 2. The van der Waals surface area contributed by atoms with Crippen LogP contribution in [-0.2, 0) is 0 Å². The molecule has 0 spiro atoms. The lowest BCUT2D eigenvalue weighted by Gasteiger charge is -2.30. The van der Waals surface area contributed by atoms with Gasteiger partial charge in [0, 0.05) is 18.6 Å². The van der Waals surface area contributed by atoms with Gasteiger partial charge in [-0.05, 0) is 44.0 Å². The van der Waals surface area contributed by atoms with Crippen LogP contribution in [0.3, 0.4) is 0 Å². The minimum Gasteiger partial charge on any atom is -0.329 e. The highest BCUT2D eigenvalue weighted by molar-refractivity contribution is 5.22. The van der Waals surface area contributed by atoms with Crippen LogP contribution in [0, 0.1) is 11.6 Å². The van der Waals surface area contributed by atoms with Crippen LogP contribution in [0.15, 0.2) is 18.2 Å². The minimum atomic E-state index is -0.806. The Labute approximate surface area is 100 Å². The second kappa shape index (κ2) is 5.10. The SMILES string of the molecule is CC1CCCN1C(CN)c1ccc(F)c(F)c1. The molecular weight excluding hydrogens is 222 g/mol. The van der Waals surface area contributed by atoms with Crippen LogP contribution >= 0.6 is 0 Å². The molecule has 1 fully saturated rings. The molecule has 0 aliphatic carbocycles. The highest BCUT2D eigenvalue weighted by atomic mass is 19.2. The van der Waals surface area contributed by atoms with Gasteiger partial charge in [-0.3, -0.25) is 4.90 Å². The molecule has 17 heavy (non-hydrogen) atoms. The van der Waals surface area contributed by atoms with Gasteiger partial charge in [-0.15, -0.1) is 0 Å². The zero-order valence-electron chi connectivity index (χ0n) is 10.00. The molecule has 0 radical (unpaired) electrons. The lowest BCUT2D eigenvalue weighted by molar-refractivity contribution is 0.195. The predicted octanol–water partition coefficient (Wildman–Crippen LogP) is 2.45. The second-order valence-corrected chi connectivity index (χ2v) is 4.65. The molecule has 1 saturated heterocycles. The number of rotatable bonds is 3. The Balaban J connectivity index is 2.25. The van der Waals surface area contributed by atoms with Gasteiger partial charge in [0.1, 0.15) is 0 Å². The highest BCUT2D eigenvalue weighted by Crippen LogP contribution is 2.29. The van der Waals surface area contributed by atoms with E-state index in [1.165, 1.54) is 12.1 Å². The Morgan fingerprint density at radius 2 is 2.18 bits per heavy atom. The molecule has 4 heteroatoms. The summed E-state index contributed by atoms with van der Waals surface area (Å²) in [5.41, 5.74) is 6.54. The average molecular weight is 240 g/mol. The monoisotopic (exact) mass is 240 g/mol. The molecule has 94 valence electrons. The fourth-order valence-corrected chi connectivity index (χ4v) is 2.60. The van der Waals surface area contributed by atoms with E-state index >= 15 is 0 Å². The molecule has 1 aliphatic heterocycles. The summed E-state index contributed by atoms with van der Waals surface area (Å²) in [6.45, 7) is 3.55. The summed E-state index contributed by atoms with van der Waals surface area (Å²) in [5.74, 6) is -1.60. The van der Waals surface area contributed by atoms with Gasteiger partial charge in [0.05, 0.1) is 0 Å². The van der Waals surface area contributed by atoms with E-state index in [1.54, 1.807) is 6.07 Å². The Bertz CT molecular complexity index is 395. The number of nitrogens with two attached hydrogens (primary N) is 1. The summed E-state index contributed by atoms with van der Waals surface area (Å²) in [6, 6.07) is 4.51. The van der Waals surface area contributed by atoms with Crippen LogP contribution in [0.4, 0.5) is 8.78 Å². The van der Waals surface area contributed by atoms with Gasteiger partial charge in [0.2, 0.25) is 0 Å². The van der Waals surface area contributed by atoms with Crippen molar-refractivity contribution in [3.05, 3.63) is 35.4 Å². The summed E-state index contributed by atoms with van der Waals surface area (Å²) in [7, 11) is 0.